The molecule has 3 rings (SSSR count). The second-order valence-corrected chi connectivity index (χ2v) is 7.29. The molecule has 3 heterocycles. The highest BCUT2D eigenvalue weighted by Gasteiger charge is 2.22. The molecular weight excluding hydrogens is 463 g/mol. The number of aliphatic imine (C=N–C) groups is 1. The number of ether oxygens (including phenoxy) is 1. The minimum absolute atomic E-state index is 0. The van der Waals surface area contributed by atoms with Gasteiger partial charge in [-0.25, -0.2) is 9.67 Å². The van der Waals surface area contributed by atoms with Crippen molar-refractivity contribution in [1.29, 1.82) is 0 Å². The van der Waals surface area contributed by atoms with Gasteiger partial charge in [-0.15, -0.1) is 35.3 Å². The van der Waals surface area contributed by atoms with Gasteiger partial charge in [0.05, 0.1) is 6.54 Å². The lowest BCUT2D eigenvalue weighted by atomic mass is 10.1. The summed E-state index contributed by atoms with van der Waals surface area (Å²) in [6.45, 7) is 4.35. The van der Waals surface area contributed by atoms with E-state index in [1.54, 1.807) is 18.4 Å². The van der Waals surface area contributed by atoms with Crippen molar-refractivity contribution in [3.8, 4) is 0 Å². The normalized spacial score (nSPS) is 18.0. The number of rotatable bonds is 6. The van der Waals surface area contributed by atoms with Crippen molar-refractivity contribution in [2.75, 3.05) is 20.7 Å². The van der Waals surface area contributed by atoms with Crippen molar-refractivity contribution in [1.82, 2.24) is 25.4 Å². The fourth-order valence-electron chi connectivity index (χ4n) is 2.98. The largest absolute Gasteiger partial charge is 0.377 e. The van der Waals surface area contributed by atoms with Crippen molar-refractivity contribution in [2.45, 2.75) is 44.9 Å². The van der Waals surface area contributed by atoms with Crippen LogP contribution in [0.4, 0.5) is 0 Å². The Morgan fingerprint density at radius 2 is 2.38 bits per heavy atom. The van der Waals surface area contributed by atoms with Crippen LogP contribution in [0.5, 0.6) is 0 Å². The molecule has 7 nitrogen and oxygen atoms in total. The molecule has 9 heteroatoms. The number of halogens is 1. The second kappa shape index (κ2) is 10.2. The summed E-state index contributed by atoms with van der Waals surface area (Å²) in [5.74, 6) is 3.10. The van der Waals surface area contributed by atoms with Crippen LogP contribution in [0.15, 0.2) is 22.5 Å². The van der Waals surface area contributed by atoms with Crippen LogP contribution in [0.1, 0.15) is 35.8 Å². The Kier molecular flexibility index (Phi) is 8.29. The first-order chi connectivity index (χ1) is 12.2. The zero-order chi connectivity index (χ0) is 17.6. The molecule has 2 aromatic rings. The summed E-state index contributed by atoms with van der Waals surface area (Å²) in [6, 6.07) is 4.57. The van der Waals surface area contributed by atoms with E-state index < -0.39 is 0 Å². The summed E-state index contributed by atoms with van der Waals surface area (Å²) in [7, 11) is 3.47. The number of aromatic nitrogens is 3. The first kappa shape index (κ1) is 21.1. The molecule has 26 heavy (non-hydrogen) atoms. The van der Waals surface area contributed by atoms with Crippen molar-refractivity contribution in [3.63, 3.8) is 0 Å². The molecule has 0 bridgehead atoms. The van der Waals surface area contributed by atoms with E-state index in [0.717, 1.165) is 43.5 Å². The molecule has 0 radical (unpaired) electrons. The number of thiophene rings is 1. The lowest BCUT2D eigenvalue weighted by Crippen LogP contribution is -2.47. The van der Waals surface area contributed by atoms with Crippen molar-refractivity contribution in [2.24, 2.45) is 4.99 Å². The van der Waals surface area contributed by atoms with Crippen LogP contribution in [0.25, 0.3) is 0 Å². The van der Waals surface area contributed by atoms with Crippen molar-refractivity contribution in [3.05, 3.63) is 34.0 Å². The first-order valence-electron chi connectivity index (χ1n) is 8.61. The number of fused-ring (bicyclic) bond motifs is 1. The lowest BCUT2D eigenvalue weighted by Gasteiger charge is -2.25. The highest BCUT2D eigenvalue weighted by atomic mass is 127. The van der Waals surface area contributed by atoms with Crippen LogP contribution in [0, 0.1) is 0 Å². The molecule has 144 valence electrons. The molecule has 0 spiro atoms. The van der Waals surface area contributed by atoms with Gasteiger partial charge in [0, 0.05) is 44.0 Å². The molecule has 1 aliphatic rings. The maximum Gasteiger partial charge on any atom is 0.191 e. The summed E-state index contributed by atoms with van der Waals surface area (Å²) in [6.07, 6.45) is 1.93. The van der Waals surface area contributed by atoms with E-state index in [-0.39, 0.29) is 24.0 Å². The number of guanidine groups is 1. The topological polar surface area (TPSA) is 76.4 Å². The highest BCUT2D eigenvalue weighted by molar-refractivity contribution is 14.0. The Hall–Kier alpha value is -1.20. The summed E-state index contributed by atoms with van der Waals surface area (Å²) >= 11 is 1.80. The lowest BCUT2D eigenvalue weighted by molar-refractivity contribution is 0.177. The van der Waals surface area contributed by atoms with Crippen molar-refractivity contribution < 1.29 is 4.74 Å². The number of nitrogens with zero attached hydrogens (tertiary/aromatic N) is 4. The molecule has 1 aliphatic heterocycles. The minimum atomic E-state index is 0. The summed E-state index contributed by atoms with van der Waals surface area (Å²) in [5, 5.41) is 13.6. The number of hydrogen-bond acceptors (Lipinski definition) is 5. The fraction of sp³-hybridized carbons (Fsp3) is 0.588. The number of nitrogens with one attached hydrogen (secondary N) is 2. The van der Waals surface area contributed by atoms with Gasteiger partial charge in [-0.3, -0.25) is 4.99 Å². The quantitative estimate of drug-likeness (QED) is 0.370. The monoisotopic (exact) mass is 490 g/mol. The van der Waals surface area contributed by atoms with Gasteiger partial charge in [0.25, 0.3) is 0 Å². The highest BCUT2D eigenvalue weighted by Crippen LogP contribution is 2.19. The second-order valence-electron chi connectivity index (χ2n) is 6.31. The van der Waals surface area contributed by atoms with Crippen LogP contribution >= 0.6 is 35.3 Å². The Morgan fingerprint density at radius 1 is 1.54 bits per heavy atom. The van der Waals surface area contributed by atoms with Gasteiger partial charge in [-0.2, -0.15) is 5.10 Å². The van der Waals surface area contributed by atoms with E-state index in [0.29, 0.717) is 18.6 Å². The van der Waals surface area contributed by atoms with Crippen LogP contribution < -0.4 is 10.6 Å². The molecule has 0 aliphatic carbocycles. The van der Waals surface area contributed by atoms with Crippen LogP contribution in [-0.2, 0) is 24.3 Å². The number of hydrogen-bond donors (Lipinski definition) is 2. The van der Waals surface area contributed by atoms with Gasteiger partial charge >= 0.3 is 0 Å². The predicted octanol–water partition coefficient (Wildman–Crippen LogP) is 2.39. The Balaban J connectivity index is 0.00000243. The van der Waals surface area contributed by atoms with E-state index in [9.17, 15) is 0 Å². The van der Waals surface area contributed by atoms with Crippen molar-refractivity contribution >= 4 is 41.3 Å². The van der Waals surface area contributed by atoms with E-state index in [1.807, 2.05) is 11.7 Å². The fourth-order valence-corrected chi connectivity index (χ4v) is 3.77. The Bertz CT molecular complexity index is 702. The Morgan fingerprint density at radius 3 is 3.08 bits per heavy atom. The van der Waals surface area contributed by atoms with Gasteiger partial charge in [-0.05, 0) is 17.9 Å². The summed E-state index contributed by atoms with van der Waals surface area (Å²) < 4.78 is 7.10. The first-order valence-corrected chi connectivity index (χ1v) is 9.49. The van der Waals surface area contributed by atoms with Gasteiger partial charge < -0.3 is 15.4 Å². The molecule has 0 saturated carbocycles. The molecule has 2 unspecified atom stereocenters. The van der Waals surface area contributed by atoms with Gasteiger partial charge in [0.15, 0.2) is 11.8 Å². The zero-order valence-electron chi connectivity index (χ0n) is 15.4. The molecule has 0 saturated heterocycles. The van der Waals surface area contributed by atoms with Crippen LogP contribution in [-0.4, -0.2) is 47.5 Å². The number of methoxy groups -OCH3 is 1. The average molecular weight is 490 g/mol. The maximum absolute atomic E-state index is 5.12. The van der Waals surface area contributed by atoms with Crippen LogP contribution in [0.2, 0.25) is 0 Å². The summed E-state index contributed by atoms with van der Waals surface area (Å²) in [4.78, 5) is 10.3. The summed E-state index contributed by atoms with van der Waals surface area (Å²) in [5.41, 5.74) is 0. The van der Waals surface area contributed by atoms with Crippen LogP contribution in [0.3, 0.4) is 0 Å². The molecule has 0 amide bonds. The Labute approximate surface area is 175 Å². The van der Waals surface area contributed by atoms with E-state index in [2.05, 4.69) is 50.1 Å². The SMILES string of the molecule is CN=C(NCC(C)c1cccs1)NC1CCc2nc(COC)nn2C1.I. The third kappa shape index (κ3) is 5.40. The number of aryl methyl sites for hydroxylation is 1. The van der Waals surface area contributed by atoms with E-state index >= 15 is 0 Å². The average Bonchev–Trinajstić information content (AvgIpc) is 3.27. The molecular formula is C17H27IN6OS. The smallest absolute Gasteiger partial charge is 0.191 e. The predicted molar refractivity (Wildman–Crippen MR) is 115 cm³/mol. The molecule has 2 N–H and O–H groups in total. The molecule has 0 fully saturated rings. The minimum Gasteiger partial charge on any atom is -0.377 e. The van der Waals surface area contributed by atoms with Gasteiger partial charge in [0.1, 0.15) is 12.4 Å². The van der Waals surface area contributed by atoms with Gasteiger partial charge in [-0.1, -0.05) is 13.0 Å². The molecule has 0 aromatic carbocycles. The molecule has 2 aromatic heterocycles. The standard InChI is InChI=1S/C17H26N6OS.HI/c1-12(14-5-4-8-25-14)9-19-17(18-2)20-13-6-7-16-21-15(11-24-3)22-23(16)10-13;/h4-5,8,12-13H,6-7,9-11H2,1-3H3,(H2,18,19,20);1H. The maximum atomic E-state index is 5.12. The third-order valence-electron chi connectivity index (χ3n) is 4.34. The third-order valence-corrected chi connectivity index (χ3v) is 5.45. The zero-order valence-corrected chi connectivity index (χ0v) is 18.6. The molecule has 2 atom stereocenters. The van der Waals surface area contributed by atoms with Gasteiger partial charge in [0.2, 0.25) is 0 Å². The van der Waals surface area contributed by atoms with E-state index in [4.69, 9.17) is 4.74 Å². The van der Waals surface area contributed by atoms with E-state index in [1.165, 1.54) is 4.88 Å².